The van der Waals surface area contributed by atoms with Gasteiger partial charge in [-0.2, -0.15) is 0 Å². The van der Waals surface area contributed by atoms with Crippen molar-refractivity contribution in [3.8, 4) is 0 Å². The molecular weight excluding hydrogens is 456 g/mol. The van der Waals surface area contributed by atoms with Crippen LogP contribution in [0.2, 0.25) is 0 Å². The minimum Gasteiger partial charge on any atom is -0.390 e. The summed E-state index contributed by atoms with van der Waals surface area (Å²) in [6.07, 6.45) is 6.46. The highest BCUT2D eigenvalue weighted by molar-refractivity contribution is 5.93. The molecule has 0 radical (unpaired) electrons. The number of nitrogens with two attached hydrogens (primary N) is 1. The number of pyridine rings is 2. The van der Waals surface area contributed by atoms with Crippen molar-refractivity contribution in [3.05, 3.63) is 47.9 Å². The number of amides is 2. The third-order valence-corrected chi connectivity index (χ3v) is 8.79. The van der Waals surface area contributed by atoms with Crippen LogP contribution in [0, 0.1) is 17.8 Å². The van der Waals surface area contributed by atoms with Gasteiger partial charge in [0, 0.05) is 31.7 Å². The number of nitrogens with one attached hydrogen (secondary N) is 1. The summed E-state index contributed by atoms with van der Waals surface area (Å²) in [4.78, 5) is 37.9. The highest BCUT2D eigenvalue weighted by Gasteiger charge is 2.55. The van der Waals surface area contributed by atoms with E-state index in [1.165, 1.54) is 0 Å². The lowest BCUT2D eigenvalue weighted by atomic mass is 9.52. The van der Waals surface area contributed by atoms with Crippen LogP contribution in [-0.4, -0.2) is 64.2 Å². The number of aliphatic hydroxyl groups is 1. The van der Waals surface area contributed by atoms with Crippen molar-refractivity contribution >= 4 is 23.3 Å². The first-order valence-corrected chi connectivity index (χ1v) is 13.1. The van der Waals surface area contributed by atoms with Crippen LogP contribution in [0.4, 0.5) is 11.5 Å². The topological polar surface area (TPSA) is 125 Å². The number of aromatic nitrogens is 2. The molecule has 4 aliphatic carbocycles. The summed E-state index contributed by atoms with van der Waals surface area (Å²) in [6.45, 7) is 4.44. The smallest absolute Gasteiger partial charge is 0.270 e. The van der Waals surface area contributed by atoms with Crippen LogP contribution in [-0.2, 0) is 0 Å². The molecule has 0 spiro atoms. The Morgan fingerprint density at radius 1 is 1.08 bits per heavy atom. The molecule has 190 valence electrons. The largest absolute Gasteiger partial charge is 0.390 e. The van der Waals surface area contributed by atoms with E-state index in [0.717, 1.165) is 63.2 Å². The SMILES string of the molecule is C[C@@H]1CN(c2ccc(C(N)=O)nc2)CCN1c1cccc(C(=O)NC2C3CC4CC2CC(O)(C4)C3)n1. The predicted molar refractivity (Wildman–Crippen MR) is 136 cm³/mol. The average molecular weight is 491 g/mol. The Morgan fingerprint density at radius 2 is 1.86 bits per heavy atom. The van der Waals surface area contributed by atoms with Crippen LogP contribution >= 0.6 is 0 Å². The fourth-order valence-electron chi connectivity index (χ4n) is 7.40. The number of rotatable bonds is 5. The molecule has 5 aliphatic rings. The summed E-state index contributed by atoms with van der Waals surface area (Å²) in [6, 6.07) is 9.49. The van der Waals surface area contributed by atoms with Gasteiger partial charge in [0.25, 0.3) is 11.8 Å². The lowest BCUT2D eigenvalue weighted by molar-refractivity contribution is -0.136. The highest BCUT2D eigenvalue weighted by atomic mass is 16.3. The van der Waals surface area contributed by atoms with Crippen LogP contribution in [0.3, 0.4) is 0 Å². The van der Waals surface area contributed by atoms with E-state index in [9.17, 15) is 14.7 Å². The predicted octanol–water partition coefficient (Wildman–Crippen LogP) is 1.96. The van der Waals surface area contributed by atoms with Gasteiger partial charge in [-0.05, 0) is 81.0 Å². The molecule has 4 N–H and O–H groups in total. The summed E-state index contributed by atoms with van der Waals surface area (Å²) in [7, 11) is 0. The van der Waals surface area contributed by atoms with Crippen molar-refractivity contribution in [2.24, 2.45) is 23.5 Å². The van der Waals surface area contributed by atoms with Gasteiger partial charge in [-0.3, -0.25) is 9.59 Å². The molecule has 3 heterocycles. The standard InChI is InChI=1S/C27H34N6O3/c1-16-15-32(20-5-6-21(25(28)34)29-14-20)7-8-33(16)23-4-2-3-22(30-23)26(35)31-24-18-9-17-10-19(24)13-27(36,11-17)12-18/h2-6,14,16-19,24,36H,7-13,15H2,1H3,(H2,28,34)(H,31,35)/t16-,17?,18?,19?,24?,27?/m1/s1. The molecule has 9 heteroatoms. The van der Waals surface area contributed by atoms with E-state index >= 15 is 0 Å². The maximum Gasteiger partial charge on any atom is 0.270 e. The van der Waals surface area contributed by atoms with E-state index < -0.39 is 11.5 Å². The van der Waals surface area contributed by atoms with E-state index in [2.05, 4.69) is 27.0 Å². The van der Waals surface area contributed by atoms with Crippen molar-refractivity contribution in [3.63, 3.8) is 0 Å². The van der Waals surface area contributed by atoms with Gasteiger partial charge in [0.05, 0.1) is 17.5 Å². The van der Waals surface area contributed by atoms with Gasteiger partial charge in [-0.25, -0.2) is 9.97 Å². The Bertz CT molecular complexity index is 1150. The van der Waals surface area contributed by atoms with E-state index in [-0.39, 0.29) is 23.7 Å². The first-order chi connectivity index (χ1) is 17.3. The number of piperazine rings is 1. The maximum absolute atomic E-state index is 13.2. The van der Waals surface area contributed by atoms with E-state index in [1.807, 2.05) is 18.2 Å². The first kappa shape index (κ1) is 23.2. The Kier molecular flexibility index (Phi) is 5.63. The molecule has 2 aromatic heterocycles. The number of primary amides is 1. The molecule has 9 nitrogen and oxygen atoms in total. The summed E-state index contributed by atoms with van der Waals surface area (Å²) in [5, 5.41) is 14.1. The van der Waals surface area contributed by atoms with Crippen LogP contribution in [0.1, 0.15) is 60.0 Å². The van der Waals surface area contributed by atoms with E-state index in [0.29, 0.717) is 23.4 Å². The molecule has 1 aliphatic heterocycles. The highest BCUT2D eigenvalue weighted by Crippen LogP contribution is 2.55. The number of hydrogen-bond acceptors (Lipinski definition) is 7. The second-order valence-electron chi connectivity index (χ2n) is 11.3. The van der Waals surface area contributed by atoms with Gasteiger partial charge < -0.3 is 26.0 Å². The average Bonchev–Trinajstić information content (AvgIpc) is 2.85. The fraction of sp³-hybridized carbons (Fsp3) is 0.556. The number of carbonyl (C=O) groups excluding carboxylic acids is 2. The number of hydrogen-bond donors (Lipinski definition) is 3. The second kappa shape index (κ2) is 8.73. The summed E-state index contributed by atoms with van der Waals surface area (Å²) < 4.78 is 0. The van der Waals surface area contributed by atoms with E-state index in [4.69, 9.17) is 10.7 Å². The zero-order valence-corrected chi connectivity index (χ0v) is 20.6. The van der Waals surface area contributed by atoms with Crippen molar-refractivity contribution in [2.75, 3.05) is 29.4 Å². The Morgan fingerprint density at radius 3 is 2.50 bits per heavy atom. The number of nitrogens with zero attached hydrogens (tertiary/aromatic N) is 4. The van der Waals surface area contributed by atoms with Crippen LogP contribution in [0.5, 0.6) is 0 Å². The molecular formula is C27H34N6O3. The molecule has 3 atom stereocenters. The van der Waals surface area contributed by atoms with Crippen molar-refractivity contribution in [1.82, 2.24) is 15.3 Å². The number of carbonyl (C=O) groups is 2. The van der Waals surface area contributed by atoms with Crippen molar-refractivity contribution in [1.29, 1.82) is 0 Å². The molecule has 2 aromatic rings. The fourth-order valence-corrected chi connectivity index (χ4v) is 7.40. The minimum absolute atomic E-state index is 0.117. The maximum atomic E-state index is 13.2. The van der Waals surface area contributed by atoms with Gasteiger partial charge >= 0.3 is 0 Å². The molecule has 5 fully saturated rings. The molecule has 1 saturated heterocycles. The van der Waals surface area contributed by atoms with Crippen molar-refractivity contribution < 1.29 is 14.7 Å². The van der Waals surface area contributed by atoms with Crippen LogP contribution in [0.25, 0.3) is 0 Å². The monoisotopic (exact) mass is 490 g/mol. The molecule has 4 saturated carbocycles. The lowest BCUT2D eigenvalue weighted by Gasteiger charge is -2.58. The molecule has 0 aromatic carbocycles. The van der Waals surface area contributed by atoms with Gasteiger partial charge in [0.15, 0.2) is 0 Å². The summed E-state index contributed by atoms with van der Waals surface area (Å²) >= 11 is 0. The molecule has 4 bridgehead atoms. The van der Waals surface area contributed by atoms with Gasteiger partial charge in [-0.1, -0.05) is 6.07 Å². The lowest BCUT2D eigenvalue weighted by Crippen LogP contribution is -2.61. The summed E-state index contributed by atoms with van der Waals surface area (Å²) in [5.41, 5.74) is 6.45. The Labute approximate surface area is 211 Å². The Balaban J connectivity index is 1.11. The van der Waals surface area contributed by atoms with E-state index in [1.54, 1.807) is 18.3 Å². The third kappa shape index (κ3) is 4.19. The number of anilines is 2. The van der Waals surface area contributed by atoms with Crippen LogP contribution < -0.4 is 20.9 Å². The second-order valence-corrected chi connectivity index (χ2v) is 11.3. The van der Waals surface area contributed by atoms with Gasteiger partial charge in [-0.15, -0.1) is 0 Å². The zero-order chi connectivity index (χ0) is 25.0. The molecule has 36 heavy (non-hydrogen) atoms. The third-order valence-electron chi connectivity index (χ3n) is 8.79. The Hall–Kier alpha value is -3.20. The van der Waals surface area contributed by atoms with Crippen LogP contribution in [0.15, 0.2) is 36.5 Å². The quantitative estimate of drug-likeness (QED) is 0.585. The van der Waals surface area contributed by atoms with Gasteiger partial charge in [0.1, 0.15) is 17.2 Å². The normalized spacial score (nSPS) is 33.0. The summed E-state index contributed by atoms with van der Waals surface area (Å²) in [5.74, 6) is 1.50. The molecule has 2 amide bonds. The molecule has 7 rings (SSSR count). The molecule has 2 unspecified atom stereocenters. The van der Waals surface area contributed by atoms with Crippen molar-refractivity contribution in [2.45, 2.75) is 56.7 Å². The van der Waals surface area contributed by atoms with Gasteiger partial charge in [0.2, 0.25) is 0 Å². The first-order valence-electron chi connectivity index (χ1n) is 13.1. The minimum atomic E-state index is -0.532. The zero-order valence-electron chi connectivity index (χ0n) is 20.6.